The molecule has 0 aromatic carbocycles. The van der Waals surface area contributed by atoms with E-state index >= 15 is 0 Å². The highest BCUT2D eigenvalue weighted by molar-refractivity contribution is 5.80. The van der Waals surface area contributed by atoms with Crippen LogP contribution in [0, 0.1) is 13.8 Å². The summed E-state index contributed by atoms with van der Waals surface area (Å²) in [5.41, 5.74) is -0.749. The van der Waals surface area contributed by atoms with Crippen molar-refractivity contribution in [1.82, 2.24) is 20.1 Å². The van der Waals surface area contributed by atoms with E-state index in [1.165, 1.54) is 7.11 Å². The maximum absolute atomic E-state index is 12.0. The fourth-order valence-electron chi connectivity index (χ4n) is 2.08. The molecule has 1 atom stereocenters. The third kappa shape index (κ3) is 2.69. The summed E-state index contributed by atoms with van der Waals surface area (Å²) < 4.78 is 6.65. The molecule has 0 aliphatic heterocycles. The zero-order valence-corrected chi connectivity index (χ0v) is 11.4. The lowest BCUT2D eigenvalue weighted by Gasteiger charge is -2.28. The van der Waals surface area contributed by atoms with Crippen molar-refractivity contribution in [2.45, 2.75) is 51.7 Å². The maximum atomic E-state index is 12.0. The predicted molar refractivity (Wildman–Crippen MR) is 66.1 cm³/mol. The average molecular weight is 252 g/mol. The van der Waals surface area contributed by atoms with Gasteiger partial charge in [0.25, 0.3) is 0 Å². The first-order chi connectivity index (χ1) is 8.44. The number of carbonyl (C=O) groups is 1. The highest BCUT2D eigenvalue weighted by Gasteiger charge is 2.40. The van der Waals surface area contributed by atoms with Gasteiger partial charge in [0.05, 0.1) is 13.7 Å². The lowest BCUT2D eigenvalue weighted by atomic mass is 10.0. The Morgan fingerprint density at radius 1 is 1.56 bits per heavy atom. The topological polar surface area (TPSA) is 69.0 Å². The highest BCUT2D eigenvalue weighted by atomic mass is 16.5. The van der Waals surface area contributed by atoms with Crippen LogP contribution in [0.25, 0.3) is 0 Å². The molecule has 0 bridgehead atoms. The van der Waals surface area contributed by atoms with Gasteiger partial charge in [0.1, 0.15) is 17.2 Å². The van der Waals surface area contributed by atoms with Crippen molar-refractivity contribution >= 4 is 5.97 Å². The van der Waals surface area contributed by atoms with E-state index in [9.17, 15) is 4.79 Å². The smallest absolute Gasteiger partial charge is 0.327 e. The number of rotatable bonds is 5. The van der Waals surface area contributed by atoms with Crippen molar-refractivity contribution in [1.29, 1.82) is 0 Å². The van der Waals surface area contributed by atoms with Crippen LogP contribution in [0.4, 0.5) is 0 Å². The summed E-state index contributed by atoms with van der Waals surface area (Å²) in [5, 5.41) is 7.64. The Morgan fingerprint density at radius 2 is 2.22 bits per heavy atom. The van der Waals surface area contributed by atoms with E-state index < -0.39 is 5.54 Å². The van der Waals surface area contributed by atoms with Crippen LogP contribution in [0.15, 0.2) is 0 Å². The molecule has 1 N–H and O–H groups in total. The summed E-state index contributed by atoms with van der Waals surface area (Å²) in [6, 6.07) is 0.416. The molecule has 1 aliphatic rings. The maximum Gasteiger partial charge on any atom is 0.327 e. The van der Waals surface area contributed by atoms with E-state index in [0.717, 1.165) is 18.7 Å². The molecule has 1 unspecified atom stereocenters. The minimum atomic E-state index is -0.749. The Kier molecular flexibility index (Phi) is 3.38. The number of hydrogen-bond acceptors (Lipinski definition) is 5. The minimum Gasteiger partial charge on any atom is -0.468 e. The summed E-state index contributed by atoms with van der Waals surface area (Å²) in [6.45, 7) is 6.01. The molecule has 6 nitrogen and oxygen atoms in total. The van der Waals surface area contributed by atoms with Gasteiger partial charge in [0.2, 0.25) is 0 Å². The lowest BCUT2D eigenvalue weighted by molar-refractivity contribution is -0.148. The van der Waals surface area contributed by atoms with Crippen LogP contribution >= 0.6 is 0 Å². The van der Waals surface area contributed by atoms with Gasteiger partial charge in [-0.2, -0.15) is 5.10 Å². The molecule has 6 heteroatoms. The van der Waals surface area contributed by atoms with Crippen LogP contribution in [0.5, 0.6) is 0 Å². The van der Waals surface area contributed by atoms with Crippen LogP contribution in [0.2, 0.25) is 0 Å². The molecule has 0 spiro atoms. The average Bonchev–Trinajstić information content (AvgIpc) is 3.04. The first-order valence-electron chi connectivity index (χ1n) is 6.19. The number of aromatic nitrogens is 3. The molecule has 1 aromatic rings. The van der Waals surface area contributed by atoms with Crippen molar-refractivity contribution in [3.05, 3.63) is 11.6 Å². The van der Waals surface area contributed by atoms with E-state index in [1.54, 1.807) is 4.68 Å². The second-order valence-electron chi connectivity index (χ2n) is 5.11. The summed E-state index contributed by atoms with van der Waals surface area (Å²) in [5.74, 6) is 1.26. The standard InChI is InChI=1S/C12H20N4O2/c1-8-13-9(2)16(15-8)7-12(3,11(17)18-4)14-10-5-6-10/h10,14H,5-7H2,1-4H3. The second-order valence-corrected chi connectivity index (χ2v) is 5.11. The van der Waals surface area contributed by atoms with Crippen LogP contribution in [-0.2, 0) is 16.1 Å². The minimum absolute atomic E-state index is 0.262. The van der Waals surface area contributed by atoms with Crippen molar-refractivity contribution in [2.24, 2.45) is 0 Å². The first-order valence-corrected chi connectivity index (χ1v) is 6.19. The second kappa shape index (κ2) is 4.68. The van der Waals surface area contributed by atoms with E-state index in [-0.39, 0.29) is 5.97 Å². The van der Waals surface area contributed by atoms with Crippen LogP contribution in [-0.4, -0.2) is 39.4 Å². The van der Waals surface area contributed by atoms with Gasteiger partial charge < -0.3 is 4.74 Å². The van der Waals surface area contributed by atoms with Gasteiger partial charge in [-0.25, -0.2) is 14.5 Å². The van der Waals surface area contributed by atoms with Gasteiger partial charge in [-0.05, 0) is 33.6 Å². The fraction of sp³-hybridized carbons (Fsp3) is 0.750. The third-order valence-corrected chi connectivity index (χ3v) is 3.16. The van der Waals surface area contributed by atoms with E-state index in [1.807, 2.05) is 20.8 Å². The number of methoxy groups -OCH3 is 1. The SMILES string of the molecule is COC(=O)C(C)(Cn1nc(C)nc1C)NC1CC1. The van der Waals surface area contributed by atoms with Gasteiger partial charge in [0.15, 0.2) is 0 Å². The van der Waals surface area contributed by atoms with E-state index in [0.29, 0.717) is 18.4 Å². The zero-order valence-electron chi connectivity index (χ0n) is 11.4. The quantitative estimate of drug-likeness (QED) is 0.776. The summed E-state index contributed by atoms with van der Waals surface area (Å²) >= 11 is 0. The Morgan fingerprint density at radius 3 is 2.67 bits per heavy atom. The normalized spacial score (nSPS) is 18.4. The highest BCUT2D eigenvalue weighted by Crippen LogP contribution is 2.24. The molecule has 2 rings (SSSR count). The Hall–Kier alpha value is -1.43. The number of nitrogens with zero attached hydrogens (tertiary/aromatic N) is 3. The molecule has 0 radical (unpaired) electrons. The molecule has 1 saturated carbocycles. The van der Waals surface area contributed by atoms with E-state index in [4.69, 9.17) is 4.74 Å². The lowest BCUT2D eigenvalue weighted by Crippen LogP contribution is -2.54. The van der Waals surface area contributed by atoms with Crippen molar-refractivity contribution in [3.8, 4) is 0 Å². The number of hydrogen-bond donors (Lipinski definition) is 1. The van der Waals surface area contributed by atoms with Gasteiger partial charge >= 0.3 is 5.97 Å². The summed E-state index contributed by atoms with van der Waals surface area (Å²) in [4.78, 5) is 16.2. The fourth-order valence-corrected chi connectivity index (χ4v) is 2.08. The Bertz CT molecular complexity index is 453. The number of esters is 1. The van der Waals surface area contributed by atoms with Crippen molar-refractivity contribution in [3.63, 3.8) is 0 Å². The summed E-state index contributed by atoms with van der Waals surface area (Å²) in [6.07, 6.45) is 2.23. The van der Waals surface area contributed by atoms with Gasteiger partial charge in [-0.15, -0.1) is 0 Å². The molecule has 1 aromatic heterocycles. The molecule has 18 heavy (non-hydrogen) atoms. The van der Waals surface area contributed by atoms with Crippen LogP contribution < -0.4 is 5.32 Å². The van der Waals surface area contributed by atoms with Crippen molar-refractivity contribution < 1.29 is 9.53 Å². The molecule has 1 heterocycles. The number of aryl methyl sites for hydroxylation is 2. The number of nitrogens with one attached hydrogen (secondary N) is 1. The Balaban J connectivity index is 2.18. The van der Waals surface area contributed by atoms with Gasteiger partial charge in [-0.1, -0.05) is 0 Å². The van der Waals surface area contributed by atoms with Gasteiger partial charge in [-0.3, -0.25) is 5.32 Å². The van der Waals surface area contributed by atoms with E-state index in [2.05, 4.69) is 15.4 Å². The molecular weight excluding hydrogens is 232 g/mol. The monoisotopic (exact) mass is 252 g/mol. The summed E-state index contributed by atoms with van der Waals surface area (Å²) in [7, 11) is 1.41. The van der Waals surface area contributed by atoms with Gasteiger partial charge in [0, 0.05) is 6.04 Å². The molecule has 0 saturated heterocycles. The van der Waals surface area contributed by atoms with Crippen molar-refractivity contribution in [2.75, 3.05) is 7.11 Å². The number of ether oxygens (including phenoxy) is 1. The molecular formula is C12H20N4O2. The Labute approximate surface area is 107 Å². The molecule has 0 amide bonds. The predicted octanol–water partition coefficient (Wildman–Crippen LogP) is 0.579. The molecule has 1 fully saturated rings. The third-order valence-electron chi connectivity index (χ3n) is 3.16. The van der Waals surface area contributed by atoms with Crippen LogP contribution in [0.3, 0.4) is 0 Å². The van der Waals surface area contributed by atoms with Crippen LogP contribution in [0.1, 0.15) is 31.4 Å². The largest absolute Gasteiger partial charge is 0.468 e. The first kappa shape index (κ1) is 13.0. The molecule has 1 aliphatic carbocycles. The molecule has 100 valence electrons. The zero-order chi connectivity index (χ0) is 13.3. The number of carbonyl (C=O) groups excluding carboxylic acids is 1.